The number of ether oxygens (including phenoxy) is 1. The summed E-state index contributed by atoms with van der Waals surface area (Å²) in [4.78, 5) is 20.8. The fourth-order valence-electron chi connectivity index (χ4n) is 3.57. The van der Waals surface area contributed by atoms with E-state index in [1.165, 1.54) is 17.8 Å². The number of halogens is 1. The average molecular weight is 423 g/mol. The molecule has 162 valence electrons. The van der Waals surface area contributed by atoms with Crippen molar-refractivity contribution in [1.29, 1.82) is 0 Å². The summed E-state index contributed by atoms with van der Waals surface area (Å²) in [7, 11) is 1.80. The highest BCUT2D eigenvalue weighted by molar-refractivity contribution is 5.76. The molecule has 1 saturated heterocycles. The number of oxazole rings is 1. The van der Waals surface area contributed by atoms with Crippen LogP contribution in [-0.4, -0.2) is 49.1 Å². The second kappa shape index (κ2) is 9.75. The van der Waals surface area contributed by atoms with Gasteiger partial charge in [-0.25, -0.2) is 9.37 Å². The van der Waals surface area contributed by atoms with Crippen molar-refractivity contribution >= 4 is 11.6 Å². The highest BCUT2D eigenvalue weighted by atomic mass is 19.1. The number of amides is 1. The summed E-state index contributed by atoms with van der Waals surface area (Å²) < 4.78 is 24.2. The molecule has 0 atom stereocenters. The van der Waals surface area contributed by atoms with Gasteiger partial charge in [-0.1, -0.05) is 12.1 Å². The molecule has 7 heteroatoms. The first kappa shape index (κ1) is 21.1. The van der Waals surface area contributed by atoms with Crippen LogP contribution in [0.5, 0.6) is 0 Å². The molecule has 1 aromatic heterocycles. The maximum Gasteiger partial charge on any atom is 0.223 e. The van der Waals surface area contributed by atoms with Crippen LogP contribution in [0, 0.1) is 5.82 Å². The molecule has 0 radical (unpaired) electrons. The summed E-state index contributed by atoms with van der Waals surface area (Å²) in [5, 5.41) is 0. The summed E-state index contributed by atoms with van der Waals surface area (Å²) >= 11 is 0. The lowest BCUT2D eigenvalue weighted by atomic mass is 10.1. The maximum absolute atomic E-state index is 13.1. The number of aryl methyl sites for hydroxylation is 1. The van der Waals surface area contributed by atoms with Gasteiger partial charge in [0, 0.05) is 50.8 Å². The zero-order valence-electron chi connectivity index (χ0n) is 17.6. The lowest BCUT2D eigenvalue weighted by molar-refractivity contribution is -0.130. The van der Waals surface area contributed by atoms with Gasteiger partial charge < -0.3 is 19.0 Å². The molecule has 0 N–H and O–H groups in total. The van der Waals surface area contributed by atoms with Crippen LogP contribution in [0.1, 0.15) is 17.9 Å². The summed E-state index contributed by atoms with van der Waals surface area (Å²) in [6.07, 6.45) is 2.33. The molecule has 0 spiro atoms. The van der Waals surface area contributed by atoms with Gasteiger partial charge in [-0.15, -0.1) is 0 Å². The molecular weight excluding hydrogens is 397 g/mol. The van der Waals surface area contributed by atoms with Gasteiger partial charge in [0.2, 0.25) is 5.91 Å². The van der Waals surface area contributed by atoms with E-state index in [0.717, 1.165) is 37.4 Å². The Labute approximate surface area is 181 Å². The highest BCUT2D eigenvalue weighted by Gasteiger charge is 2.14. The number of carbonyl (C=O) groups excluding carboxylic acids is 1. The summed E-state index contributed by atoms with van der Waals surface area (Å²) in [5.74, 6) is 0.791. The van der Waals surface area contributed by atoms with Gasteiger partial charge in [-0.2, -0.15) is 0 Å². The number of hydrogen-bond donors (Lipinski definition) is 0. The minimum Gasteiger partial charge on any atom is -0.441 e. The molecule has 6 nitrogen and oxygen atoms in total. The summed E-state index contributed by atoms with van der Waals surface area (Å²) in [6, 6.07) is 14.4. The molecule has 4 rings (SSSR count). The number of rotatable bonds is 7. The topological polar surface area (TPSA) is 58.8 Å². The van der Waals surface area contributed by atoms with Crippen LogP contribution in [0.25, 0.3) is 11.3 Å². The Morgan fingerprint density at radius 2 is 1.81 bits per heavy atom. The van der Waals surface area contributed by atoms with Crippen molar-refractivity contribution in [3.63, 3.8) is 0 Å². The predicted molar refractivity (Wildman–Crippen MR) is 116 cm³/mol. The fourth-order valence-corrected chi connectivity index (χ4v) is 3.57. The Morgan fingerprint density at radius 1 is 1.10 bits per heavy atom. The van der Waals surface area contributed by atoms with Crippen LogP contribution in [0.3, 0.4) is 0 Å². The Balaban J connectivity index is 1.27. The van der Waals surface area contributed by atoms with Crippen molar-refractivity contribution in [3.05, 3.63) is 72.0 Å². The normalized spacial score (nSPS) is 13.9. The summed E-state index contributed by atoms with van der Waals surface area (Å²) in [5.41, 5.74) is 3.02. The first-order valence-electron chi connectivity index (χ1n) is 10.4. The smallest absolute Gasteiger partial charge is 0.223 e. The van der Waals surface area contributed by atoms with E-state index in [4.69, 9.17) is 9.15 Å². The van der Waals surface area contributed by atoms with Gasteiger partial charge in [-0.05, 0) is 42.0 Å². The van der Waals surface area contributed by atoms with E-state index in [1.807, 2.05) is 0 Å². The molecule has 1 aliphatic heterocycles. The van der Waals surface area contributed by atoms with Crippen LogP contribution in [-0.2, 0) is 22.5 Å². The molecule has 1 fully saturated rings. The van der Waals surface area contributed by atoms with Gasteiger partial charge in [0.25, 0.3) is 0 Å². The molecule has 31 heavy (non-hydrogen) atoms. The van der Waals surface area contributed by atoms with E-state index in [0.29, 0.717) is 31.0 Å². The van der Waals surface area contributed by atoms with E-state index in [-0.39, 0.29) is 11.7 Å². The quantitative estimate of drug-likeness (QED) is 0.577. The highest BCUT2D eigenvalue weighted by Crippen LogP contribution is 2.21. The molecule has 1 amide bonds. The van der Waals surface area contributed by atoms with Crippen molar-refractivity contribution in [2.45, 2.75) is 19.4 Å². The van der Waals surface area contributed by atoms with Gasteiger partial charge >= 0.3 is 0 Å². The number of nitrogens with zero attached hydrogens (tertiary/aromatic N) is 3. The second-order valence-corrected chi connectivity index (χ2v) is 7.64. The monoisotopic (exact) mass is 423 g/mol. The molecule has 0 unspecified atom stereocenters. The molecule has 0 aliphatic carbocycles. The largest absolute Gasteiger partial charge is 0.441 e. The molecule has 0 saturated carbocycles. The van der Waals surface area contributed by atoms with Crippen molar-refractivity contribution < 1.29 is 18.3 Å². The van der Waals surface area contributed by atoms with E-state index < -0.39 is 0 Å². The Bertz CT molecular complexity index is 996. The zero-order chi connectivity index (χ0) is 21.6. The lowest BCUT2D eigenvalue weighted by Crippen LogP contribution is -2.36. The summed E-state index contributed by atoms with van der Waals surface area (Å²) in [6.45, 7) is 3.88. The Hall–Kier alpha value is -3.19. The van der Waals surface area contributed by atoms with Crippen LogP contribution in [0.2, 0.25) is 0 Å². The van der Waals surface area contributed by atoms with Gasteiger partial charge in [0.05, 0.1) is 19.4 Å². The molecular formula is C24H26FN3O3. The third kappa shape index (κ3) is 5.49. The number of anilines is 1. The van der Waals surface area contributed by atoms with E-state index in [1.54, 1.807) is 30.3 Å². The average Bonchev–Trinajstić information content (AvgIpc) is 3.28. The van der Waals surface area contributed by atoms with Crippen molar-refractivity contribution in [3.8, 4) is 11.3 Å². The minimum atomic E-state index is -0.298. The molecule has 1 aliphatic rings. The van der Waals surface area contributed by atoms with Gasteiger partial charge in [0.1, 0.15) is 5.82 Å². The van der Waals surface area contributed by atoms with Crippen LogP contribution >= 0.6 is 0 Å². The molecule has 2 heterocycles. The molecule has 0 bridgehead atoms. The SMILES string of the molecule is CN(Cc1ccc(N2CCOCC2)cc1)C(=O)CCc1ncc(-c2ccc(F)cc2)o1. The third-order valence-electron chi connectivity index (χ3n) is 5.39. The minimum absolute atomic E-state index is 0.0267. The van der Waals surface area contributed by atoms with E-state index in [9.17, 15) is 9.18 Å². The number of benzene rings is 2. The predicted octanol–water partition coefficient (Wildman–Crippen LogP) is 3.91. The van der Waals surface area contributed by atoms with Gasteiger partial charge in [0.15, 0.2) is 11.7 Å². The van der Waals surface area contributed by atoms with Crippen molar-refractivity contribution in [1.82, 2.24) is 9.88 Å². The Kier molecular flexibility index (Phi) is 6.62. The fraction of sp³-hybridized carbons (Fsp3) is 0.333. The van der Waals surface area contributed by atoms with E-state index >= 15 is 0 Å². The van der Waals surface area contributed by atoms with Crippen LogP contribution in [0.4, 0.5) is 10.1 Å². The van der Waals surface area contributed by atoms with Gasteiger partial charge in [-0.3, -0.25) is 4.79 Å². The first-order valence-corrected chi connectivity index (χ1v) is 10.4. The van der Waals surface area contributed by atoms with Crippen molar-refractivity contribution in [2.24, 2.45) is 0 Å². The third-order valence-corrected chi connectivity index (χ3v) is 5.39. The number of hydrogen-bond acceptors (Lipinski definition) is 5. The zero-order valence-corrected chi connectivity index (χ0v) is 17.6. The van der Waals surface area contributed by atoms with Crippen LogP contribution < -0.4 is 4.90 Å². The Morgan fingerprint density at radius 3 is 2.52 bits per heavy atom. The first-order chi connectivity index (χ1) is 15.1. The van der Waals surface area contributed by atoms with Crippen molar-refractivity contribution in [2.75, 3.05) is 38.3 Å². The van der Waals surface area contributed by atoms with E-state index in [2.05, 4.69) is 34.1 Å². The maximum atomic E-state index is 13.1. The molecule has 2 aromatic carbocycles. The molecule has 3 aromatic rings. The number of aromatic nitrogens is 1. The second-order valence-electron chi connectivity index (χ2n) is 7.64. The standard InChI is InChI=1S/C24H26FN3O3/c1-27(17-18-2-8-21(9-3-18)28-12-14-30-15-13-28)24(29)11-10-23-26-16-22(31-23)19-4-6-20(25)7-5-19/h2-9,16H,10-15,17H2,1H3. The lowest BCUT2D eigenvalue weighted by Gasteiger charge is -2.29. The number of carbonyl (C=O) groups is 1. The number of morpholine rings is 1. The van der Waals surface area contributed by atoms with Crippen LogP contribution in [0.15, 0.2) is 59.1 Å².